The number of carbonyl (C=O) groups excluding carboxylic acids is 1. The highest BCUT2D eigenvalue weighted by Gasteiger charge is 2.29. The molecule has 29 heavy (non-hydrogen) atoms. The van der Waals surface area contributed by atoms with Gasteiger partial charge in [-0.2, -0.15) is 0 Å². The minimum absolute atomic E-state index is 0. The minimum atomic E-state index is -0.236. The normalized spacial score (nSPS) is 15.2. The van der Waals surface area contributed by atoms with E-state index in [-0.39, 0.29) is 24.2 Å². The Morgan fingerprint density at radius 1 is 1.10 bits per heavy atom. The van der Waals surface area contributed by atoms with Crippen LogP contribution < -0.4 is 10.2 Å². The van der Waals surface area contributed by atoms with Crippen LogP contribution in [0.1, 0.15) is 25.3 Å². The fourth-order valence-corrected chi connectivity index (χ4v) is 3.54. The summed E-state index contributed by atoms with van der Waals surface area (Å²) in [5, 5.41) is 4.49. The molecule has 1 N–H and O–H groups in total. The molecule has 6 nitrogen and oxygen atoms in total. The first-order chi connectivity index (χ1) is 13.4. The molecule has 3 rings (SSSR count). The van der Waals surface area contributed by atoms with Gasteiger partial charge >= 0.3 is 0 Å². The van der Waals surface area contributed by atoms with E-state index >= 15 is 0 Å². The van der Waals surface area contributed by atoms with Gasteiger partial charge in [0.2, 0.25) is 5.91 Å². The molecule has 1 aliphatic rings. The van der Waals surface area contributed by atoms with Crippen molar-refractivity contribution in [2.24, 2.45) is 0 Å². The Morgan fingerprint density at radius 3 is 2.34 bits per heavy atom. The Labute approximate surface area is 188 Å². The van der Waals surface area contributed by atoms with Crippen LogP contribution >= 0.6 is 35.6 Å². The topological polar surface area (TPSA) is 61.4 Å². The molecule has 0 spiro atoms. The molecule has 1 atom stereocenters. The van der Waals surface area contributed by atoms with Crippen LogP contribution in [0.3, 0.4) is 0 Å². The van der Waals surface area contributed by atoms with Crippen molar-refractivity contribution in [2.75, 3.05) is 37.6 Å². The largest absolute Gasteiger partial charge is 0.353 e. The highest BCUT2D eigenvalue weighted by molar-refractivity contribution is 6.30. The molecule has 9 heteroatoms. The zero-order valence-electron chi connectivity index (χ0n) is 16.5. The second-order valence-electron chi connectivity index (χ2n) is 7.18. The average molecular weight is 459 g/mol. The number of hydrogen-bond donors (Lipinski definition) is 1. The molecule has 1 saturated heterocycles. The number of piperazine rings is 1. The molecule has 0 saturated carbocycles. The van der Waals surface area contributed by atoms with Gasteiger partial charge in [0.15, 0.2) is 0 Å². The van der Waals surface area contributed by atoms with Crippen molar-refractivity contribution < 1.29 is 4.79 Å². The molecule has 1 amide bonds. The molecule has 2 heterocycles. The summed E-state index contributed by atoms with van der Waals surface area (Å²) in [6.45, 7) is 7.47. The lowest BCUT2D eigenvalue weighted by Crippen LogP contribution is -2.51. The van der Waals surface area contributed by atoms with Crippen molar-refractivity contribution in [3.05, 3.63) is 52.4 Å². The maximum absolute atomic E-state index is 13.3. The third kappa shape index (κ3) is 6.44. The van der Waals surface area contributed by atoms with Crippen molar-refractivity contribution in [2.45, 2.75) is 25.8 Å². The quantitative estimate of drug-likeness (QED) is 0.670. The second-order valence-corrected chi connectivity index (χ2v) is 8.00. The number of halogens is 3. The van der Waals surface area contributed by atoms with Crippen LogP contribution in [0.25, 0.3) is 0 Å². The highest BCUT2D eigenvalue weighted by atomic mass is 35.5. The molecular weight excluding hydrogens is 433 g/mol. The fourth-order valence-electron chi connectivity index (χ4n) is 3.27. The number of hydrogen-bond acceptors (Lipinski definition) is 5. The lowest BCUT2D eigenvalue weighted by molar-refractivity contribution is -0.133. The van der Waals surface area contributed by atoms with Crippen molar-refractivity contribution in [3.8, 4) is 0 Å². The molecule has 0 radical (unpaired) electrons. The van der Waals surface area contributed by atoms with Crippen LogP contribution in [0.5, 0.6) is 0 Å². The van der Waals surface area contributed by atoms with Crippen molar-refractivity contribution >= 4 is 47.3 Å². The summed E-state index contributed by atoms with van der Waals surface area (Å²) in [6, 6.07) is 9.61. The predicted molar refractivity (Wildman–Crippen MR) is 120 cm³/mol. The van der Waals surface area contributed by atoms with Gasteiger partial charge in [-0.1, -0.05) is 49.2 Å². The molecule has 1 fully saturated rings. The van der Waals surface area contributed by atoms with Crippen molar-refractivity contribution in [3.63, 3.8) is 0 Å². The Kier molecular flexibility index (Phi) is 8.96. The van der Waals surface area contributed by atoms with E-state index in [1.165, 1.54) is 6.33 Å². The minimum Gasteiger partial charge on any atom is -0.353 e. The van der Waals surface area contributed by atoms with Gasteiger partial charge in [-0.05, 0) is 17.7 Å². The molecule has 1 aromatic heterocycles. The number of carbonyl (C=O) groups is 1. The number of nitrogens with zero attached hydrogens (tertiary/aromatic N) is 4. The van der Waals surface area contributed by atoms with Gasteiger partial charge in [0.25, 0.3) is 0 Å². The lowest BCUT2D eigenvalue weighted by atomic mass is 9.96. The Balaban J connectivity index is 0.00000300. The molecule has 0 aliphatic carbocycles. The first-order valence-corrected chi connectivity index (χ1v) is 10.2. The first-order valence-electron chi connectivity index (χ1n) is 9.44. The summed E-state index contributed by atoms with van der Waals surface area (Å²) in [5.74, 6) is 0.693. The number of benzene rings is 1. The van der Waals surface area contributed by atoms with Crippen LogP contribution in [0.15, 0.2) is 36.7 Å². The van der Waals surface area contributed by atoms with E-state index in [4.69, 9.17) is 23.2 Å². The summed E-state index contributed by atoms with van der Waals surface area (Å²) in [7, 11) is 0. The number of aromatic nitrogens is 2. The van der Waals surface area contributed by atoms with E-state index in [0.717, 1.165) is 11.4 Å². The third-order valence-electron chi connectivity index (χ3n) is 4.84. The molecule has 1 unspecified atom stereocenters. The van der Waals surface area contributed by atoms with E-state index in [1.54, 1.807) is 6.07 Å². The number of amides is 1. The van der Waals surface area contributed by atoms with Crippen molar-refractivity contribution in [1.29, 1.82) is 0 Å². The van der Waals surface area contributed by atoms with E-state index in [0.29, 0.717) is 48.9 Å². The van der Waals surface area contributed by atoms with Gasteiger partial charge in [0.1, 0.15) is 17.3 Å². The molecule has 1 aromatic carbocycles. The predicted octanol–water partition coefficient (Wildman–Crippen LogP) is 3.64. The monoisotopic (exact) mass is 457 g/mol. The van der Waals surface area contributed by atoms with E-state index in [9.17, 15) is 4.79 Å². The fraction of sp³-hybridized carbons (Fsp3) is 0.450. The van der Waals surface area contributed by atoms with Crippen LogP contribution in [0.2, 0.25) is 10.2 Å². The SMILES string of the molecule is CC(C)NCC(C(=O)N1CCN(c2cc(Cl)ncn2)CC1)c1ccc(Cl)cc1.Cl. The smallest absolute Gasteiger partial charge is 0.231 e. The van der Waals surface area contributed by atoms with Gasteiger partial charge in [-0.3, -0.25) is 4.79 Å². The molecule has 1 aliphatic heterocycles. The van der Waals surface area contributed by atoms with Crippen LogP contribution in [-0.2, 0) is 4.79 Å². The average Bonchev–Trinajstić information content (AvgIpc) is 2.69. The summed E-state index contributed by atoms with van der Waals surface area (Å²) >= 11 is 12.0. The zero-order chi connectivity index (χ0) is 20.1. The van der Waals surface area contributed by atoms with E-state index < -0.39 is 0 Å². The Hall–Kier alpha value is -1.60. The maximum atomic E-state index is 13.3. The van der Waals surface area contributed by atoms with Crippen molar-refractivity contribution in [1.82, 2.24) is 20.2 Å². The van der Waals surface area contributed by atoms with Gasteiger partial charge in [0.05, 0.1) is 5.92 Å². The van der Waals surface area contributed by atoms with Gasteiger partial charge in [-0.25, -0.2) is 9.97 Å². The van der Waals surface area contributed by atoms with Crippen LogP contribution in [-0.4, -0.2) is 59.5 Å². The molecule has 2 aromatic rings. The van der Waals surface area contributed by atoms with Crippen LogP contribution in [0, 0.1) is 0 Å². The third-order valence-corrected chi connectivity index (χ3v) is 5.29. The summed E-state index contributed by atoms with van der Waals surface area (Å²) in [5.41, 5.74) is 0.979. The summed E-state index contributed by atoms with van der Waals surface area (Å²) < 4.78 is 0. The molecule has 158 valence electrons. The first kappa shape index (κ1) is 23.7. The number of anilines is 1. The standard InChI is InChI=1S/C20H25Cl2N5O.ClH/c1-14(2)23-12-17(15-3-5-16(21)6-4-15)20(28)27-9-7-26(8-10-27)19-11-18(22)24-13-25-19;/h3-6,11,13-14,17,23H,7-10,12H2,1-2H3;1H. The van der Waals surface area contributed by atoms with E-state index in [2.05, 4.69) is 34.0 Å². The summed E-state index contributed by atoms with van der Waals surface area (Å²) in [4.78, 5) is 25.5. The lowest BCUT2D eigenvalue weighted by Gasteiger charge is -2.37. The maximum Gasteiger partial charge on any atom is 0.231 e. The number of nitrogens with one attached hydrogen (secondary N) is 1. The van der Waals surface area contributed by atoms with Crippen LogP contribution in [0.4, 0.5) is 5.82 Å². The zero-order valence-corrected chi connectivity index (χ0v) is 18.8. The summed E-state index contributed by atoms with van der Waals surface area (Å²) in [6.07, 6.45) is 1.46. The van der Waals surface area contributed by atoms with Gasteiger partial charge < -0.3 is 15.1 Å². The second kappa shape index (κ2) is 11.0. The highest BCUT2D eigenvalue weighted by Crippen LogP contribution is 2.23. The Bertz CT molecular complexity index is 795. The molecular formula is C20H26Cl3N5O. The molecule has 0 bridgehead atoms. The van der Waals surface area contributed by atoms with Gasteiger partial charge in [-0.15, -0.1) is 12.4 Å². The number of rotatable bonds is 6. The Morgan fingerprint density at radius 2 is 1.76 bits per heavy atom. The van der Waals surface area contributed by atoms with E-state index in [1.807, 2.05) is 29.2 Å². The van der Waals surface area contributed by atoms with Gasteiger partial charge in [0, 0.05) is 49.9 Å².